The Morgan fingerprint density at radius 2 is 1.65 bits per heavy atom. The van der Waals surface area contributed by atoms with Crippen LogP contribution >= 0.6 is 0 Å². The van der Waals surface area contributed by atoms with Gasteiger partial charge in [0, 0.05) is 6.04 Å². The summed E-state index contributed by atoms with van der Waals surface area (Å²) in [7, 11) is 1.64. The number of rotatable bonds is 7. The Labute approximate surface area is 123 Å². The van der Waals surface area contributed by atoms with Gasteiger partial charge in [-0.3, -0.25) is 4.68 Å². The normalized spacial score (nSPS) is 12.8. The summed E-state index contributed by atoms with van der Waals surface area (Å²) in [6, 6.07) is 0.194. The minimum Gasteiger partial charge on any atom is -0.493 e. The second-order valence-electron chi connectivity index (χ2n) is 6.83. The summed E-state index contributed by atoms with van der Waals surface area (Å²) >= 11 is 0. The van der Waals surface area contributed by atoms with E-state index < -0.39 is 5.60 Å². The van der Waals surface area contributed by atoms with E-state index >= 15 is 0 Å². The first-order valence-corrected chi connectivity index (χ1v) is 7.55. The van der Waals surface area contributed by atoms with Crippen molar-refractivity contribution in [2.24, 2.45) is 11.8 Å². The van der Waals surface area contributed by atoms with Gasteiger partial charge in [-0.2, -0.15) is 5.10 Å². The van der Waals surface area contributed by atoms with E-state index in [0.29, 0.717) is 30.4 Å². The molecule has 20 heavy (non-hydrogen) atoms. The van der Waals surface area contributed by atoms with Gasteiger partial charge < -0.3 is 9.84 Å². The fourth-order valence-electron chi connectivity index (χ4n) is 2.96. The Kier molecular flexibility index (Phi) is 5.63. The molecule has 0 saturated carbocycles. The molecule has 4 heteroatoms. The molecule has 1 N–H and O–H groups in total. The third-order valence-electron chi connectivity index (χ3n) is 3.40. The average molecular weight is 282 g/mol. The van der Waals surface area contributed by atoms with Crippen LogP contribution in [0.5, 0.6) is 5.75 Å². The molecule has 0 atom stereocenters. The van der Waals surface area contributed by atoms with Crippen LogP contribution in [0.15, 0.2) is 6.20 Å². The number of aromatic nitrogens is 2. The van der Waals surface area contributed by atoms with E-state index in [2.05, 4.69) is 46.6 Å². The van der Waals surface area contributed by atoms with Crippen LogP contribution in [0.4, 0.5) is 0 Å². The Bertz CT molecular complexity index is 412. The zero-order valence-electron chi connectivity index (χ0n) is 14.0. The Hall–Kier alpha value is -1.03. The lowest BCUT2D eigenvalue weighted by Crippen LogP contribution is -2.33. The number of hydrogen-bond donors (Lipinski definition) is 1. The van der Waals surface area contributed by atoms with Gasteiger partial charge in [0.1, 0.15) is 11.3 Å². The number of aliphatic hydroxyl groups is 1. The molecule has 0 unspecified atom stereocenters. The van der Waals surface area contributed by atoms with Crippen molar-refractivity contribution in [1.82, 2.24) is 9.78 Å². The second kappa shape index (κ2) is 6.61. The minimum absolute atomic E-state index is 0.194. The first-order valence-electron chi connectivity index (χ1n) is 7.55. The van der Waals surface area contributed by atoms with E-state index in [0.717, 1.165) is 5.69 Å². The smallest absolute Gasteiger partial charge is 0.162 e. The van der Waals surface area contributed by atoms with E-state index in [9.17, 15) is 5.11 Å². The van der Waals surface area contributed by atoms with Crippen molar-refractivity contribution >= 4 is 0 Å². The van der Waals surface area contributed by atoms with Crippen LogP contribution in [-0.2, 0) is 5.60 Å². The maximum atomic E-state index is 11.3. The zero-order valence-corrected chi connectivity index (χ0v) is 14.0. The van der Waals surface area contributed by atoms with Crippen LogP contribution in [0.3, 0.4) is 0 Å². The van der Waals surface area contributed by atoms with Crippen molar-refractivity contribution in [3.8, 4) is 5.75 Å². The Morgan fingerprint density at radius 1 is 1.15 bits per heavy atom. The van der Waals surface area contributed by atoms with Gasteiger partial charge in [0.15, 0.2) is 5.75 Å². The fraction of sp³-hybridized carbons (Fsp3) is 0.812. The van der Waals surface area contributed by atoms with Crippen molar-refractivity contribution in [3.05, 3.63) is 11.9 Å². The monoisotopic (exact) mass is 282 g/mol. The quantitative estimate of drug-likeness (QED) is 0.828. The molecule has 0 aliphatic carbocycles. The molecule has 116 valence electrons. The molecule has 0 aliphatic heterocycles. The molecule has 0 aromatic carbocycles. The van der Waals surface area contributed by atoms with Gasteiger partial charge in [0.05, 0.1) is 13.3 Å². The zero-order chi connectivity index (χ0) is 15.5. The third kappa shape index (κ3) is 3.75. The van der Waals surface area contributed by atoms with Crippen LogP contribution in [0.1, 0.15) is 66.1 Å². The van der Waals surface area contributed by atoms with E-state index in [4.69, 9.17) is 4.74 Å². The van der Waals surface area contributed by atoms with Crippen molar-refractivity contribution < 1.29 is 9.84 Å². The van der Waals surface area contributed by atoms with E-state index in [1.54, 1.807) is 13.3 Å². The van der Waals surface area contributed by atoms with Gasteiger partial charge in [-0.25, -0.2) is 0 Å². The molecule has 1 aromatic rings. The van der Waals surface area contributed by atoms with Gasteiger partial charge in [-0.05, 0) is 38.5 Å². The molecule has 0 amide bonds. The lowest BCUT2D eigenvalue weighted by Gasteiger charge is -2.33. The van der Waals surface area contributed by atoms with Crippen LogP contribution in [0.2, 0.25) is 0 Å². The predicted octanol–water partition coefficient (Wildman–Crippen LogP) is 3.75. The molecular weight excluding hydrogens is 252 g/mol. The first kappa shape index (κ1) is 17.0. The van der Waals surface area contributed by atoms with Crippen molar-refractivity contribution in [2.75, 3.05) is 7.11 Å². The first-order chi connectivity index (χ1) is 9.21. The molecule has 1 rings (SSSR count). The lowest BCUT2D eigenvalue weighted by molar-refractivity contribution is -0.0153. The maximum Gasteiger partial charge on any atom is 0.162 e. The highest BCUT2D eigenvalue weighted by Crippen LogP contribution is 2.40. The SMILES string of the molecule is COc1cnn(C(C)C)c1C(O)(CC(C)C)CC(C)C. The number of hydrogen-bond acceptors (Lipinski definition) is 3. The molecular formula is C16H30N2O2. The van der Waals surface area contributed by atoms with Crippen LogP contribution in [0, 0.1) is 11.8 Å². The van der Waals surface area contributed by atoms with E-state index in [1.807, 2.05) is 4.68 Å². The molecule has 0 saturated heterocycles. The van der Waals surface area contributed by atoms with Crippen LogP contribution < -0.4 is 4.74 Å². The highest BCUT2D eigenvalue weighted by molar-refractivity contribution is 5.31. The topological polar surface area (TPSA) is 47.3 Å². The van der Waals surface area contributed by atoms with Crippen LogP contribution in [0.25, 0.3) is 0 Å². The second-order valence-corrected chi connectivity index (χ2v) is 6.83. The summed E-state index contributed by atoms with van der Waals surface area (Å²) < 4.78 is 7.33. The Balaban J connectivity index is 3.35. The summed E-state index contributed by atoms with van der Waals surface area (Å²) in [6.45, 7) is 12.7. The molecule has 4 nitrogen and oxygen atoms in total. The maximum absolute atomic E-state index is 11.3. The minimum atomic E-state index is -0.894. The highest BCUT2D eigenvalue weighted by Gasteiger charge is 2.38. The molecule has 0 fully saturated rings. The molecule has 0 spiro atoms. The predicted molar refractivity (Wildman–Crippen MR) is 82.0 cm³/mol. The fourth-order valence-corrected chi connectivity index (χ4v) is 2.96. The van der Waals surface area contributed by atoms with Crippen molar-refractivity contribution in [2.45, 2.75) is 66.0 Å². The van der Waals surface area contributed by atoms with Crippen molar-refractivity contribution in [3.63, 3.8) is 0 Å². The number of nitrogens with zero attached hydrogens (tertiary/aromatic N) is 2. The van der Waals surface area contributed by atoms with Crippen molar-refractivity contribution in [1.29, 1.82) is 0 Å². The molecule has 0 aliphatic rings. The lowest BCUT2D eigenvalue weighted by atomic mass is 9.82. The summed E-state index contributed by atoms with van der Waals surface area (Å²) in [5.74, 6) is 1.49. The number of methoxy groups -OCH3 is 1. The third-order valence-corrected chi connectivity index (χ3v) is 3.40. The summed E-state index contributed by atoms with van der Waals surface area (Å²) in [6.07, 6.45) is 3.13. The molecule has 0 radical (unpaired) electrons. The van der Waals surface area contributed by atoms with Crippen LogP contribution in [-0.4, -0.2) is 22.0 Å². The highest BCUT2D eigenvalue weighted by atomic mass is 16.5. The summed E-state index contributed by atoms with van der Waals surface area (Å²) in [5, 5.41) is 15.7. The molecule has 1 heterocycles. The number of ether oxygens (including phenoxy) is 1. The van der Waals surface area contributed by atoms with Gasteiger partial charge in [0.2, 0.25) is 0 Å². The molecule has 1 aromatic heterocycles. The summed E-state index contributed by atoms with van der Waals surface area (Å²) in [5.41, 5.74) is -0.0774. The van der Waals surface area contributed by atoms with Gasteiger partial charge in [-0.1, -0.05) is 27.7 Å². The van der Waals surface area contributed by atoms with Gasteiger partial charge in [-0.15, -0.1) is 0 Å². The average Bonchev–Trinajstić information content (AvgIpc) is 2.70. The standard InChI is InChI=1S/C16H30N2O2/c1-11(2)8-16(19,9-12(3)4)15-14(20-7)10-17-18(15)13(5)6/h10-13,19H,8-9H2,1-7H3. The largest absolute Gasteiger partial charge is 0.493 e. The van der Waals surface area contributed by atoms with E-state index in [1.165, 1.54) is 0 Å². The van der Waals surface area contributed by atoms with E-state index in [-0.39, 0.29) is 6.04 Å². The summed E-state index contributed by atoms with van der Waals surface area (Å²) in [4.78, 5) is 0. The molecule has 0 bridgehead atoms. The Morgan fingerprint density at radius 3 is 2.00 bits per heavy atom. The van der Waals surface area contributed by atoms with Gasteiger partial charge in [0.25, 0.3) is 0 Å². The van der Waals surface area contributed by atoms with Gasteiger partial charge >= 0.3 is 0 Å².